The molecule has 0 radical (unpaired) electrons. The van der Waals surface area contributed by atoms with E-state index in [4.69, 9.17) is 16.3 Å². The van der Waals surface area contributed by atoms with E-state index in [9.17, 15) is 13.2 Å². The third-order valence-electron chi connectivity index (χ3n) is 5.30. The molecule has 1 N–H and O–H groups in total. The van der Waals surface area contributed by atoms with E-state index >= 15 is 0 Å². The molecule has 8 nitrogen and oxygen atoms in total. The van der Waals surface area contributed by atoms with Crippen molar-refractivity contribution >= 4 is 27.5 Å². The number of hydrogen-bond acceptors (Lipinski definition) is 5. The molecule has 10 heteroatoms. The van der Waals surface area contributed by atoms with Crippen LogP contribution in [0.5, 0.6) is 0 Å². The van der Waals surface area contributed by atoms with Gasteiger partial charge < -0.3 is 14.6 Å². The molecule has 168 valence electrons. The number of imidazole rings is 1. The molecule has 1 saturated heterocycles. The minimum Gasteiger partial charge on any atom is -0.379 e. The molecule has 32 heavy (non-hydrogen) atoms. The van der Waals surface area contributed by atoms with Gasteiger partial charge in [-0.05, 0) is 35.9 Å². The maximum Gasteiger partial charge on any atom is 0.252 e. The van der Waals surface area contributed by atoms with E-state index in [1.54, 1.807) is 36.7 Å². The molecule has 0 unspecified atom stereocenters. The molecule has 0 saturated carbocycles. The number of aromatic nitrogens is 2. The van der Waals surface area contributed by atoms with Gasteiger partial charge in [-0.1, -0.05) is 29.8 Å². The first kappa shape index (κ1) is 22.5. The van der Waals surface area contributed by atoms with Crippen LogP contribution in [-0.2, 0) is 21.8 Å². The number of ether oxygens (including phenoxy) is 1. The predicted molar refractivity (Wildman–Crippen MR) is 120 cm³/mol. The Balaban J connectivity index is 1.62. The minimum absolute atomic E-state index is 0.0760. The first-order chi connectivity index (χ1) is 15.4. The summed E-state index contributed by atoms with van der Waals surface area (Å²) in [5, 5.41) is 3.56. The van der Waals surface area contributed by atoms with Crippen LogP contribution >= 0.6 is 11.6 Å². The summed E-state index contributed by atoms with van der Waals surface area (Å²) < 4.78 is 34.4. The summed E-state index contributed by atoms with van der Waals surface area (Å²) in [5.74, 6) is 0.227. The van der Waals surface area contributed by atoms with E-state index < -0.39 is 22.0 Å². The number of morpholine rings is 1. The number of nitrogens with zero attached hydrogens (tertiary/aromatic N) is 3. The lowest BCUT2D eigenvalue weighted by Crippen LogP contribution is -2.40. The van der Waals surface area contributed by atoms with Crippen molar-refractivity contribution < 1.29 is 17.9 Å². The topological polar surface area (TPSA) is 93.5 Å². The number of sulfonamides is 1. The number of hydrogen-bond donors (Lipinski definition) is 1. The van der Waals surface area contributed by atoms with Crippen LogP contribution in [0, 0.1) is 0 Å². The number of nitrogens with one attached hydrogen (secondary N) is 1. The second kappa shape index (κ2) is 9.41. The molecule has 1 aromatic heterocycles. The average molecular weight is 475 g/mol. The van der Waals surface area contributed by atoms with Gasteiger partial charge in [0.25, 0.3) is 5.91 Å². The highest BCUT2D eigenvalue weighted by atomic mass is 35.5. The number of rotatable bonds is 6. The molecule has 0 spiro atoms. The Morgan fingerprint density at radius 3 is 2.53 bits per heavy atom. The average Bonchev–Trinajstić information content (AvgIpc) is 3.24. The van der Waals surface area contributed by atoms with Crippen molar-refractivity contribution in [1.82, 2.24) is 19.2 Å². The van der Waals surface area contributed by atoms with E-state index in [0.717, 1.165) is 5.56 Å². The number of carbonyl (C=O) groups excluding carboxylic acids is 1. The molecule has 0 aliphatic carbocycles. The standard InChI is InChI=1S/C22H23ClN4O4S/c1-26-10-9-24-21(26)20(16-5-7-18(23)8-6-16)25-22(28)17-3-2-4-19(15-17)32(29,30)27-11-13-31-14-12-27/h2-10,15,20H,11-14H2,1H3,(H,25,28)/t20-/m1/s1. The van der Waals surface area contributed by atoms with Crippen molar-refractivity contribution in [1.29, 1.82) is 0 Å². The van der Waals surface area contributed by atoms with Crippen molar-refractivity contribution in [2.24, 2.45) is 7.05 Å². The summed E-state index contributed by atoms with van der Waals surface area (Å²) in [4.78, 5) is 17.6. The Labute approximate surface area is 191 Å². The SMILES string of the molecule is Cn1ccnc1[C@H](NC(=O)c1cccc(S(=O)(=O)N2CCOCC2)c1)c1ccc(Cl)cc1. The van der Waals surface area contributed by atoms with Gasteiger partial charge >= 0.3 is 0 Å². The second-order valence-corrected chi connectivity index (χ2v) is 9.77. The van der Waals surface area contributed by atoms with E-state index in [0.29, 0.717) is 24.1 Å². The molecule has 1 amide bonds. The molecular formula is C22H23ClN4O4S. The Morgan fingerprint density at radius 1 is 1.16 bits per heavy atom. The van der Waals surface area contributed by atoms with E-state index in [-0.39, 0.29) is 23.5 Å². The molecule has 2 heterocycles. The summed E-state index contributed by atoms with van der Waals surface area (Å²) in [6, 6.07) is 12.6. The highest BCUT2D eigenvalue weighted by molar-refractivity contribution is 7.89. The molecule has 3 aromatic rings. The smallest absolute Gasteiger partial charge is 0.252 e. The first-order valence-electron chi connectivity index (χ1n) is 10.1. The Hall–Kier alpha value is -2.72. The Morgan fingerprint density at radius 2 is 1.88 bits per heavy atom. The van der Waals surface area contributed by atoms with Gasteiger partial charge in [0.15, 0.2) is 0 Å². The first-order valence-corrected chi connectivity index (χ1v) is 11.9. The molecule has 0 bridgehead atoms. The zero-order valence-electron chi connectivity index (χ0n) is 17.4. The predicted octanol–water partition coefficient (Wildman–Crippen LogP) is 2.61. The van der Waals surface area contributed by atoms with Crippen LogP contribution in [0.15, 0.2) is 65.8 Å². The van der Waals surface area contributed by atoms with E-state index in [2.05, 4.69) is 10.3 Å². The normalized spacial score (nSPS) is 15.9. The van der Waals surface area contributed by atoms with Crippen LogP contribution in [0.1, 0.15) is 27.8 Å². The van der Waals surface area contributed by atoms with Gasteiger partial charge in [0.1, 0.15) is 11.9 Å². The van der Waals surface area contributed by atoms with Crippen LogP contribution in [0.2, 0.25) is 5.02 Å². The van der Waals surface area contributed by atoms with Crippen molar-refractivity contribution in [3.63, 3.8) is 0 Å². The number of halogens is 1. The van der Waals surface area contributed by atoms with Crippen molar-refractivity contribution in [3.8, 4) is 0 Å². The monoisotopic (exact) mass is 474 g/mol. The molecule has 1 fully saturated rings. The maximum atomic E-state index is 13.2. The van der Waals surface area contributed by atoms with Gasteiger partial charge in [0.2, 0.25) is 10.0 Å². The summed E-state index contributed by atoms with van der Waals surface area (Å²) in [6.45, 7) is 1.28. The third-order valence-corrected chi connectivity index (χ3v) is 7.45. The lowest BCUT2D eigenvalue weighted by Gasteiger charge is -2.26. The van der Waals surface area contributed by atoms with E-state index in [1.165, 1.54) is 16.4 Å². The van der Waals surface area contributed by atoms with Crippen molar-refractivity contribution in [3.05, 3.63) is 82.9 Å². The van der Waals surface area contributed by atoms with Crippen LogP contribution in [0.3, 0.4) is 0 Å². The number of benzene rings is 2. The maximum absolute atomic E-state index is 13.2. The fourth-order valence-corrected chi connectivity index (χ4v) is 5.14. The number of aryl methyl sites for hydroxylation is 1. The zero-order valence-corrected chi connectivity index (χ0v) is 19.0. The second-order valence-electron chi connectivity index (χ2n) is 7.40. The summed E-state index contributed by atoms with van der Waals surface area (Å²) >= 11 is 6.02. The molecular weight excluding hydrogens is 452 g/mol. The quantitative estimate of drug-likeness (QED) is 0.592. The molecule has 1 aliphatic rings. The molecule has 4 rings (SSSR count). The highest BCUT2D eigenvalue weighted by Gasteiger charge is 2.27. The molecule has 1 atom stereocenters. The van der Waals surface area contributed by atoms with Crippen LogP contribution < -0.4 is 5.32 Å². The van der Waals surface area contributed by atoms with Gasteiger partial charge in [-0.15, -0.1) is 0 Å². The van der Waals surface area contributed by atoms with Crippen LogP contribution in [0.25, 0.3) is 0 Å². The van der Waals surface area contributed by atoms with Crippen molar-refractivity contribution in [2.45, 2.75) is 10.9 Å². The third kappa shape index (κ3) is 4.71. The highest BCUT2D eigenvalue weighted by Crippen LogP contribution is 2.24. The van der Waals surface area contributed by atoms with Gasteiger partial charge in [-0.2, -0.15) is 4.31 Å². The lowest BCUT2D eigenvalue weighted by molar-refractivity contribution is 0.0730. The number of amides is 1. The van der Waals surface area contributed by atoms with Crippen molar-refractivity contribution in [2.75, 3.05) is 26.3 Å². The van der Waals surface area contributed by atoms with Gasteiger partial charge in [-0.25, -0.2) is 13.4 Å². The minimum atomic E-state index is -3.71. The van der Waals surface area contributed by atoms with E-state index in [1.807, 2.05) is 23.7 Å². The lowest BCUT2D eigenvalue weighted by atomic mass is 10.1. The Kier molecular flexibility index (Phi) is 6.61. The van der Waals surface area contributed by atoms with Gasteiger partial charge in [0, 0.05) is 43.1 Å². The molecule has 2 aromatic carbocycles. The molecule has 1 aliphatic heterocycles. The summed E-state index contributed by atoms with van der Waals surface area (Å²) in [6.07, 6.45) is 3.44. The number of carbonyl (C=O) groups is 1. The largest absolute Gasteiger partial charge is 0.379 e. The van der Waals surface area contributed by atoms with Gasteiger partial charge in [-0.3, -0.25) is 4.79 Å². The fourth-order valence-electron chi connectivity index (χ4n) is 3.56. The fraction of sp³-hybridized carbons (Fsp3) is 0.273. The zero-order chi connectivity index (χ0) is 22.7. The van der Waals surface area contributed by atoms with Crippen LogP contribution in [0.4, 0.5) is 0 Å². The summed E-state index contributed by atoms with van der Waals surface area (Å²) in [5.41, 5.74) is 1.04. The Bertz CT molecular complexity index is 1200. The van der Waals surface area contributed by atoms with Gasteiger partial charge in [0.05, 0.1) is 18.1 Å². The summed E-state index contributed by atoms with van der Waals surface area (Å²) in [7, 11) is -1.87. The van der Waals surface area contributed by atoms with Crippen LogP contribution in [-0.4, -0.2) is 54.5 Å².